The SMILES string of the molecule is CCCCCCCCCC/C=C\CCCCCCCCCCCCCCCCCCCCCCCCCC(=O)OCC(COC(=O)CCCCCCCCCCCCCC)OC(=O)CCCCCCCCCCCCCC. The molecule has 0 spiro atoms. The first-order valence-corrected chi connectivity index (χ1v) is 35.2. The molecule has 0 bridgehead atoms. The highest BCUT2D eigenvalue weighted by molar-refractivity contribution is 5.71. The Morgan fingerprint density at radius 1 is 0.247 bits per heavy atom. The summed E-state index contributed by atoms with van der Waals surface area (Å²) >= 11 is 0. The summed E-state index contributed by atoms with van der Waals surface area (Å²) in [6, 6.07) is 0. The molecule has 456 valence electrons. The summed E-state index contributed by atoms with van der Waals surface area (Å²) < 4.78 is 16.9. The van der Waals surface area contributed by atoms with E-state index in [-0.39, 0.29) is 31.1 Å². The lowest BCUT2D eigenvalue weighted by Gasteiger charge is -2.18. The third-order valence-electron chi connectivity index (χ3n) is 16.3. The fraction of sp³-hybridized carbons (Fsp3) is 0.930. The molecule has 0 fully saturated rings. The van der Waals surface area contributed by atoms with Crippen LogP contribution in [0.2, 0.25) is 0 Å². The first-order valence-electron chi connectivity index (χ1n) is 35.2. The minimum absolute atomic E-state index is 0.0621. The van der Waals surface area contributed by atoms with Gasteiger partial charge in [-0.2, -0.15) is 0 Å². The molecule has 0 saturated carbocycles. The molecule has 0 aliphatic carbocycles. The normalized spacial score (nSPS) is 12.0. The predicted octanol–water partition coefficient (Wildman–Crippen LogP) is 24.0. The Hall–Kier alpha value is -1.85. The van der Waals surface area contributed by atoms with Gasteiger partial charge in [0.25, 0.3) is 0 Å². The van der Waals surface area contributed by atoms with Crippen molar-refractivity contribution in [3.8, 4) is 0 Å². The largest absolute Gasteiger partial charge is 0.462 e. The maximum Gasteiger partial charge on any atom is 0.306 e. The van der Waals surface area contributed by atoms with Crippen LogP contribution < -0.4 is 0 Å². The second-order valence-electron chi connectivity index (χ2n) is 24.2. The lowest BCUT2D eigenvalue weighted by atomic mass is 10.0. The fourth-order valence-electron chi connectivity index (χ4n) is 11.0. The molecule has 6 heteroatoms. The average molecular weight is 1090 g/mol. The van der Waals surface area contributed by atoms with Crippen LogP contribution in [-0.4, -0.2) is 37.2 Å². The first kappa shape index (κ1) is 75.2. The van der Waals surface area contributed by atoms with Crippen molar-refractivity contribution in [1.82, 2.24) is 0 Å². The summed E-state index contributed by atoms with van der Waals surface area (Å²) in [4.78, 5) is 38.2. The van der Waals surface area contributed by atoms with Crippen molar-refractivity contribution in [2.45, 2.75) is 412 Å². The molecule has 0 aromatic rings. The van der Waals surface area contributed by atoms with E-state index < -0.39 is 6.10 Å². The highest BCUT2D eigenvalue weighted by Crippen LogP contribution is 2.19. The summed E-state index contributed by atoms with van der Waals surface area (Å²) in [7, 11) is 0. The van der Waals surface area contributed by atoms with E-state index in [1.54, 1.807) is 0 Å². The number of hydrogen-bond donors (Lipinski definition) is 0. The number of unbranched alkanes of at least 4 members (excludes halogenated alkanes) is 53. The number of allylic oxidation sites excluding steroid dienone is 2. The summed E-state index contributed by atoms with van der Waals surface area (Å²) in [6.07, 6.45) is 79.8. The maximum atomic E-state index is 12.8. The minimum Gasteiger partial charge on any atom is -0.462 e. The highest BCUT2D eigenvalue weighted by atomic mass is 16.6. The van der Waals surface area contributed by atoms with Crippen molar-refractivity contribution in [2.24, 2.45) is 0 Å². The molecule has 0 radical (unpaired) electrons. The number of carbonyl (C=O) groups excluding carboxylic acids is 3. The molecule has 6 nitrogen and oxygen atoms in total. The smallest absolute Gasteiger partial charge is 0.306 e. The van der Waals surface area contributed by atoms with Gasteiger partial charge in [-0.1, -0.05) is 354 Å². The minimum atomic E-state index is -0.763. The maximum absolute atomic E-state index is 12.8. The van der Waals surface area contributed by atoms with Crippen LogP contribution in [0.4, 0.5) is 0 Å². The van der Waals surface area contributed by atoms with Gasteiger partial charge in [0.1, 0.15) is 13.2 Å². The van der Waals surface area contributed by atoms with Crippen LogP contribution in [0, 0.1) is 0 Å². The van der Waals surface area contributed by atoms with Crippen molar-refractivity contribution in [3.05, 3.63) is 12.2 Å². The quantitative estimate of drug-likeness (QED) is 0.0261. The van der Waals surface area contributed by atoms with Crippen LogP contribution in [0.1, 0.15) is 406 Å². The van der Waals surface area contributed by atoms with Gasteiger partial charge in [0.05, 0.1) is 0 Å². The van der Waals surface area contributed by atoms with Gasteiger partial charge < -0.3 is 14.2 Å². The predicted molar refractivity (Wildman–Crippen MR) is 335 cm³/mol. The molecule has 1 unspecified atom stereocenters. The Balaban J connectivity index is 3.95. The molecule has 1 atom stereocenters. The van der Waals surface area contributed by atoms with Gasteiger partial charge in [0.2, 0.25) is 0 Å². The fourth-order valence-corrected chi connectivity index (χ4v) is 11.0. The number of esters is 3. The Bertz CT molecular complexity index is 1200. The monoisotopic (exact) mass is 1090 g/mol. The van der Waals surface area contributed by atoms with Gasteiger partial charge in [-0.15, -0.1) is 0 Å². The molecule has 0 rings (SSSR count). The van der Waals surface area contributed by atoms with Crippen LogP contribution in [-0.2, 0) is 28.6 Å². The van der Waals surface area contributed by atoms with Crippen molar-refractivity contribution >= 4 is 17.9 Å². The zero-order valence-electron chi connectivity index (χ0n) is 52.5. The van der Waals surface area contributed by atoms with Crippen LogP contribution in [0.25, 0.3) is 0 Å². The van der Waals surface area contributed by atoms with Crippen molar-refractivity contribution in [2.75, 3.05) is 13.2 Å². The molecule has 0 aliphatic heterocycles. The van der Waals surface area contributed by atoms with E-state index in [0.29, 0.717) is 19.3 Å². The molecular formula is C71H136O6. The van der Waals surface area contributed by atoms with E-state index >= 15 is 0 Å². The average Bonchev–Trinajstić information content (AvgIpc) is 3.43. The number of hydrogen-bond acceptors (Lipinski definition) is 6. The summed E-state index contributed by atoms with van der Waals surface area (Å²) in [5.41, 5.74) is 0. The third kappa shape index (κ3) is 64.9. The van der Waals surface area contributed by atoms with E-state index in [1.807, 2.05) is 0 Å². The van der Waals surface area contributed by atoms with Gasteiger partial charge >= 0.3 is 17.9 Å². The van der Waals surface area contributed by atoms with E-state index in [4.69, 9.17) is 14.2 Å². The molecule has 0 aromatic heterocycles. The van der Waals surface area contributed by atoms with E-state index in [9.17, 15) is 14.4 Å². The van der Waals surface area contributed by atoms with Gasteiger partial charge in [-0.25, -0.2) is 0 Å². The molecular weight excluding hydrogens is 949 g/mol. The van der Waals surface area contributed by atoms with E-state index in [0.717, 1.165) is 57.8 Å². The molecule has 0 saturated heterocycles. The van der Waals surface area contributed by atoms with Crippen LogP contribution >= 0.6 is 0 Å². The van der Waals surface area contributed by atoms with Crippen molar-refractivity contribution in [3.63, 3.8) is 0 Å². The Kier molecular flexibility index (Phi) is 65.1. The first-order chi connectivity index (χ1) is 38.0. The lowest BCUT2D eigenvalue weighted by Crippen LogP contribution is -2.30. The second kappa shape index (κ2) is 66.7. The molecule has 0 N–H and O–H groups in total. The van der Waals surface area contributed by atoms with Crippen molar-refractivity contribution < 1.29 is 28.6 Å². The Morgan fingerprint density at radius 2 is 0.429 bits per heavy atom. The van der Waals surface area contributed by atoms with Crippen LogP contribution in [0.5, 0.6) is 0 Å². The van der Waals surface area contributed by atoms with Crippen LogP contribution in [0.3, 0.4) is 0 Å². The summed E-state index contributed by atoms with van der Waals surface area (Å²) in [5, 5.41) is 0. The van der Waals surface area contributed by atoms with Gasteiger partial charge in [-0.05, 0) is 44.9 Å². The van der Waals surface area contributed by atoms with Crippen LogP contribution in [0.15, 0.2) is 12.2 Å². The van der Waals surface area contributed by atoms with Gasteiger partial charge in [0.15, 0.2) is 6.10 Å². The standard InChI is InChI=1S/C71H136O6/c1-4-7-10-13-16-19-22-25-26-27-28-29-30-31-32-33-34-35-36-37-38-39-40-41-42-43-44-45-46-47-50-52-55-58-61-64-70(73)76-67-68(77-71(74)65-62-59-56-53-49-24-21-18-15-12-9-6-3)66-75-69(72)63-60-57-54-51-48-23-20-17-14-11-8-5-2/h27-28,68H,4-26,29-67H2,1-3H3/b28-27-. The molecule has 0 aliphatic rings. The van der Waals surface area contributed by atoms with Gasteiger partial charge in [-0.3, -0.25) is 14.4 Å². The van der Waals surface area contributed by atoms with Crippen molar-refractivity contribution in [1.29, 1.82) is 0 Å². The number of ether oxygens (including phenoxy) is 3. The Labute approximate surface area is 481 Å². The molecule has 0 amide bonds. The topological polar surface area (TPSA) is 78.9 Å². The number of rotatable bonds is 66. The van der Waals surface area contributed by atoms with Gasteiger partial charge in [0, 0.05) is 19.3 Å². The lowest BCUT2D eigenvalue weighted by molar-refractivity contribution is -0.167. The summed E-state index contributed by atoms with van der Waals surface area (Å²) in [5.74, 6) is -0.832. The Morgan fingerprint density at radius 3 is 0.649 bits per heavy atom. The zero-order valence-corrected chi connectivity index (χ0v) is 52.5. The second-order valence-corrected chi connectivity index (χ2v) is 24.2. The molecule has 77 heavy (non-hydrogen) atoms. The summed E-state index contributed by atoms with van der Waals surface area (Å²) in [6.45, 7) is 6.70. The number of carbonyl (C=O) groups is 3. The van der Waals surface area contributed by atoms with E-state index in [1.165, 1.54) is 308 Å². The molecule has 0 aromatic carbocycles. The third-order valence-corrected chi connectivity index (χ3v) is 16.3. The zero-order chi connectivity index (χ0) is 55.7. The molecule has 0 heterocycles. The highest BCUT2D eigenvalue weighted by Gasteiger charge is 2.19. The van der Waals surface area contributed by atoms with E-state index in [2.05, 4.69) is 32.9 Å².